The van der Waals surface area contributed by atoms with Gasteiger partial charge in [-0.15, -0.1) is 0 Å². The van der Waals surface area contributed by atoms with E-state index in [1.165, 1.54) is 0 Å². The van der Waals surface area contributed by atoms with Gasteiger partial charge < -0.3 is 8.83 Å². The van der Waals surface area contributed by atoms with Gasteiger partial charge in [-0.3, -0.25) is 0 Å². The number of aromatic nitrogens is 3. The van der Waals surface area contributed by atoms with Crippen molar-refractivity contribution in [3.05, 3.63) is 53.6 Å². The van der Waals surface area contributed by atoms with Crippen molar-refractivity contribution in [3.63, 3.8) is 0 Å². The Labute approximate surface area is 124 Å². The number of furan rings is 2. The molecule has 21 heavy (non-hydrogen) atoms. The Morgan fingerprint density at radius 2 is 2.00 bits per heavy atom. The number of aryl methyl sites for hydroxylation is 1. The van der Waals surface area contributed by atoms with Crippen LogP contribution in [0.1, 0.15) is 5.76 Å². The molecule has 5 nitrogen and oxygen atoms in total. The van der Waals surface area contributed by atoms with Gasteiger partial charge in [0, 0.05) is 12.3 Å². The van der Waals surface area contributed by atoms with Crippen LogP contribution in [-0.2, 0) is 0 Å². The zero-order valence-electron chi connectivity index (χ0n) is 11.1. The normalized spacial score (nSPS) is 11.3. The van der Waals surface area contributed by atoms with E-state index >= 15 is 0 Å². The van der Waals surface area contributed by atoms with Crippen LogP contribution in [0.4, 0.5) is 0 Å². The van der Waals surface area contributed by atoms with Crippen molar-refractivity contribution in [1.82, 2.24) is 14.5 Å². The smallest absolute Gasteiger partial charge is 0.209 e. The molecular weight excluding hydrogens is 290 g/mol. The molecule has 4 rings (SSSR count). The maximum atomic E-state index is 5.89. The minimum atomic E-state index is 0.310. The van der Waals surface area contributed by atoms with Crippen molar-refractivity contribution in [2.24, 2.45) is 0 Å². The van der Waals surface area contributed by atoms with Crippen molar-refractivity contribution >= 4 is 22.8 Å². The lowest BCUT2D eigenvalue weighted by Gasteiger charge is -2.02. The molecule has 0 bridgehead atoms. The molecule has 0 spiro atoms. The second-order valence-corrected chi connectivity index (χ2v) is 4.98. The van der Waals surface area contributed by atoms with Gasteiger partial charge >= 0.3 is 0 Å². The number of fused-ring (bicyclic) bond motifs is 1. The van der Waals surface area contributed by atoms with Crippen molar-refractivity contribution in [2.75, 3.05) is 0 Å². The fourth-order valence-corrected chi connectivity index (χ4v) is 2.41. The Hall–Kier alpha value is -2.53. The van der Waals surface area contributed by atoms with Gasteiger partial charge in [-0.05, 0) is 48.9 Å². The van der Waals surface area contributed by atoms with Crippen molar-refractivity contribution < 1.29 is 8.83 Å². The molecule has 0 saturated carbocycles. The highest BCUT2D eigenvalue weighted by molar-refractivity contribution is 6.28. The van der Waals surface area contributed by atoms with Gasteiger partial charge in [0.25, 0.3) is 0 Å². The molecule has 0 atom stereocenters. The maximum Gasteiger partial charge on any atom is 0.209 e. The van der Waals surface area contributed by atoms with Crippen LogP contribution in [0.2, 0.25) is 5.22 Å². The monoisotopic (exact) mass is 299 g/mol. The minimum Gasteiger partial charge on any atom is -0.458 e. The standard InChI is InChI=1S/C15H10ClN3O2/c1-9-4-5-11(20-9)15-18-10-3-2-8-17-14(10)19(15)13-7-6-12(16)21-13/h2-8H,1H3. The first kappa shape index (κ1) is 12.2. The van der Waals surface area contributed by atoms with E-state index in [9.17, 15) is 0 Å². The molecule has 104 valence electrons. The van der Waals surface area contributed by atoms with Crippen LogP contribution in [0.15, 0.2) is 51.4 Å². The predicted molar refractivity (Wildman–Crippen MR) is 78.6 cm³/mol. The number of hydrogen-bond donors (Lipinski definition) is 0. The summed E-state index contributed by atoms with van der Waals surface area (Å²) in [7, 11) is 0. The molecule has 0 N–H and O–H groups in total. The molecule has 0 unspecified atom stereocenters. The lowest BCUT2D eigenvalue weighted by molar-refractivity contribution is 0.527. The average molecular weight is 300 g/mol. The molecule has 0 aromatic carbocycles. The number of imidazole rings is 1. The molecule has 4 aromatic rings. The Balaban J connectivity index is 2.06. The quantitative estimate of drug-likeness (QED) is 0.555. The van der Waals surface area contributed by atoms with E-state index in [1.807, 2.05) is 31.2 Å². The number of halogens is 1. The van der Waals surface area contributed by atoms with Crippen molar-refractivity contribution in [2.45, 2.75) is 6.92 Å². The van der Waals surface area contributed by atoms with Gasteiger partial charge in [0.05, 0.1) is 0 Å². The summed E-state index contributed by atoms with van der Waals surface area (Å²) in [6, 6.07) is 11.0. The third-order valence-corrected chi connectivity index (χ3v) is 3.36. The molecule has 6 heteroatoms. The van der Waals surface area contributed by atoms with E-state index in [-0.39, 0.29) is 0 Å². The van der Waals surface area contributed by atoms with Gasteiger partial charge in [-0.2, -0.15) is 0 Å². The third kappa shape index (κ3) is 1.94. The van der Waals surface area contributed by atoms with Crippen molar-refractivity contribution in [3.8, 4) is 17.5 Å². The summed E-state index contributed by atoms with van der Waals surface area (Å²) in [6.45, 7) is 1.89. The second-order valence-electron chi connectivity index (χ2n) is 4.60. The first-order chi connectivity index (χ1) is 10.2. The van der Waals surface area contributed by atoms with Crippen molar-refractivity contribution in [1.29, 1.82) is 0 Å². The third-order valence-electron chi connectivity index (χ3n) is 3.16. The van der Waals surface area contributed by atoms with Crippen LogP contribution in [0.5, 0.6) is 0 Å². The fourth-order valence-electron chi connectivity index (χ4n) is 2.27. The summed E-state index contributed by atoms with van der Waals surface area (Å²) in [4.78, 5) is 8.96. The van der Waals surface area contributed by atoms with Crippen LogP contribution in [-0.4, -0.2) is 14.5 Å². The van der Waals surface area contributed by atoms with Gasteiger partial charge in [0.2, 0.25) is 5.88 Å². The highest BCUT2D eigenvalue weighted by Crippen LogP contribution is 2.30. The molecule has 4 aromatic heterocycles. The number of nitrogens with zero attached hydrogens (tertiary/aromatic N) is 3. The summed E-state index contributed by atoms with van der Waals surface area (Å²) < 4.78 is 13.0. The van der Waals surface area contributed by atoms with Crippen LogP contribution >= 0.6 is 11.6 Å². The molecule has 0 saturated heterocycles. The van der Waals surface area contributed by atoms with E-state index in [2.05, 4.69) is 9.97 Å². The Morgan fingerprint density at radius 1 is 1.10 bits per heavy atom. The molecule has 0 radical (unpaired) electrons. The lowest BCUT2D eigenvalue weighted by Crippen LogP contribution is -1.96. The van der Waals surface area contributed by atoms with Crippen LogP contribution < -0.4 is 0 Å². The number of hydrogen-bond acceptors (Lipinski definition) is 4. The first-order valence-corrected chi connectivity index (χ1v) is 6.76. The molecule has 0 aliphatic carbocycles. The molecule has 0 fully saturated rings. The summed E-state index contributed by atoms with van der Waals surface area (Å²) in [5.74, 6) is 2.64. The lowest BCUT2D eigenvalue weighted by atomic mass is 10.4. The Kier molecular flexibility index (Phi) is 2.62. The van der Waals surface area contributed by atoms with E-state index in [0.717, 1.165) is 11.3 Å². The fraction of sp³-hybridized carbons (Fsp3) is 0.0667. The SMILES string of the molecule is Cc1ccc(-c2nc3cccnc3n2-c2ccc(Cl)o2)o1. The summed E-state index contributed by atoms with van der Waals surface area (Å²) >= 11 is 5.89. The van der Waals surface area contributed by atoms with Crippen LogP contribution in [0.3, 0.4) is 0 Å². The zero-order valence-corrected chi connectivity index (χ0v) is 11.8. The van der Waals surface area contributed by atoms with E-state index in [0.29, 0.717) is 28.3 Å². The zero-order chi connectivity index (χ0) is 14.4. The largest absolute Gasteiger partial charge is 0.458 e. The molecular formula is C15H10ClN3O2. The minimum absolute atomic E-state index is 0.310. The summed E-state index contributed by atoms with van der Waals surface area (Å²) in [5.41, 5.74) is 1.45. The highest BCUT2D eigenvalue weighted by Gasteiger charge is 2.19. The molecule has 0 aliphatic heterocycles. The number of rotatable bonds is 2. The Morgan fingerprint density at radius 3 is 2.71 bits per heavy atom. The van der Waals surface area contributed by atoms with E-state index in [1.54, 1.807) is 22.9 Å². The van der Waals surface area contributed by atoms with Gasteiger partial charge in [0.15, 0.2) is 22.5 Å². The maximum absolute atomic E-state index is 5.89. The highest BCUT2D eigenvalue weighted by atomic mass is 35.5. The van der Waals surface area contributed by atoms with Crippen LogP contribution in [0.25, 0.3) is 28.6 Å². The predicted octanol–water partition coefficient (Wildman–Crippen LogP) is 4.24. The molecule has 4 heterocycles. The second kappa shape index (κ2) is 4.49. The molecule has 0 amide bonds. The Bertz CT molecular complexity index is 935. The molecule has 0 aliphatic rings. The van der Waals surface area contributed by atoms with E-state index < -0.39 is 0 Å². The van der Waals surface area contributed by atoms with Crippen LogP contribution in [0, 0.1) is 6.92 Å². The van der Waals surface area contributed by atoms with Gasteiger partial charge in [-0.1, -0.05) is 0 Å². The number of pyridine rings is 1. The van der Waals surface area contributed by atoms with Gasteiger partial charge in [-0.25, -0.2) is 14.5 Å². The van der Waals surface area contributed by atoms with E-state index in [4.69, 9.17) is 20.4 Å². The topological polar surface area (TPSA) is 57.0 Å². The van der Waals surface area contributed by atoms with Gasteiger partial charge in [0.1, 0.15) is 11.3 Å². The first-order valence-electron chi connectivity index (χ1n) is 6.38. The summed E-state index contributed by atoms with van der Waals surface area (Å²) in [6.07, 6.45) is 1.71. The summed E-state index contributed by atoms with van der Waals surface area (Å²) in [5, 5.41) is 0.310. The average Bonchev–Trinajstić information content (AvgIpc) is 3.16.